The lowest BCUT2D eigenvalue weighted by Crippen LogP contribution is -2.27. The van der Waals surface area contributed by atoms with Crippen molar-refractivity contribution in [3.8, 4) is 0 Å². The zero-order valence-electron chi connectivity index (χ0n) is 8.89. The molecule has 1 aliphatic heterocycles. The SMILES string of the molecule is CC1=CC([Si](C)(C)C)CCOC1=O. The first-order valence-electron chi connectivity index (χ1n) is 4.77. The summed E-state index contributed by atoms with van der Waals surface area (Å²) in [5.41, 5.74) is 1.36. The molecule has 0 amide bonds. The van der Waals surface area contributed by atoms with Gasteiger partial charge < -0.3 is 4.74 Å². The Bertz CT molecular complexity index is 238. The van der Waals surface area contributed by atoms with Crippen molar-refractivity contribution in [2.24, 2.45) is 0 Å². The van der Waals surface area contributed by atoms with Crippen LogP contribution < -0.4 is 0 Å². The second-order valence-corrected chi connectivity index (χ2v) is 10.2. The van der Waals surface area contributed by atoms with Crippen molar-refractivity contribution < 1.29 is 9.53 Å². The molecule has 1 unspecified atom stereocenters. The van der Waals surface area contributed by atoms with Crippen molar-refractivity contribution in [2.45, 2.75) is 38.5 Å². The van der Waals surface area contributed by atoms with Crippen LogP contribution in [0.3, 0.4) is 0 Å². The molecule has 1 atom stereocenters. The van der Waals surface area contributed by atoms with Gasteiger partial charge in [0, 0.05) is 5.57 Å². The predicted octanol–water partition coefficient (Wildman–Crippen LogP) is 2.59. The van der Waals surface area contributed by atoms with Crippen molar-refractivity contribution >= 4 is 14.0 Å². The van der Waals surface area contributed by atoms with E-state index in [0.717, 1.165) is 12.0 Å². The highest BCUT2D eigenvalue weighted by Crippen LogP contribution is 2.30. The second kappa shape index (κ2) is 3.66. The van der Waals surface area contributed by atoms with Crippen molar-refractivity contribution in [1.29, 1.82) is 0 Å². The Balaban J connectivity index is 2.83. The van der Waals surface area contributed by atoms with Crippen molar-refractivity contribution in [1.82, 2.24) is 0 Å². The molecule has 13 heavy (non-hydrogen) atoms. The lowest BCUT2D eigenvalue weighted by atomic mass is 10.2. The summed E-state index contributed by atoms with van der Waals surface area (Å²) in [5.74, 6) is -0.138. The Hall–Kier alpha value is -0.573. The molecule has 1 aliphatic rings. The van der Waals surface area contributed by atoms with Gasteiger partial charge in [-0.3, -0.25) is 0 Å². The van der Waals surface area contributed by atoms with Gasteiger partial charge in [0.15, 0.2) is 0 Å². The van der Waals surface area contributed by atoms with E-state index in [4.69, 9.17) is 4.74 Å². The van der Waals surface area contributed by atoms with E-state index in [2.05, 4.69) is 25.7 Å². The Labute approximate surface area is 81.0 Å². The van der Waals surface area contributed by atoms with E-state index < -0.39 is 8.07 Å². The summed E-state index contributed by atoms with van der Waals surface area (Å²) in [5, 5.41) is 0. The molecule has 74 valence electrons. The molecule has 1 rings (SSSR count). The van der Waals surface area contributed by atoms with E-state index >= 15 is 0 Å². The third kappa shape index (κ3) is 2.69. The second-order valence-electron chi connectivity index (χ2n) is 4.75. The fraction of sp³-hybridized carbons (Fsp3) is 0.700. The predicted molar refractivity (Wildman–Crippen MR) is 56.4 cm³/mol. The normalized spacial score (nSPS) is 24.8. The van der Waals surface area contributed by atoms with Crippen molar-refractivity contribution in [3.05, 3.63) is 11.6 Å². The zero-order chi connectivity index (χ0) is 10.1. The van der Waals surface area contributed by atoms with Crippen LogP contribution >= 0.6 is 0 Å². The molecule has 0 fully saturated rings. The van der Waals surface area contributed by atoms with Crippen LogP contribution in [0.2, 0.25) is 25.2 Å². The molecular formula is C10H18O2Si. The van der Waals surface area contributed by atoms with Crippen molar-refractivity contribution in [2.75, 3.05) is 6.61 Å². The molecule has 0 radical (unpaired) electrons. The van der Waals surface area contributed by atoms with Crippen LogP contribution in [0.4, 0.5) is 0 Å². The Morgan fingerprint density at radius 3 is 2.62 bits per heavy atom. The lowest BCUT2D eigenvalue weighted by Gasteiger charge is -2.24. The third-order valence-corrected chi connectivity index (χ3v) is 5.23. The summed E-state index contributed by atoms with van der Waals surface area (Å²) in [4.78, 5) is 11.2. The van der Waals surface area contributed by atoms with Gasteiger partial charge >= 0.3 is 5.97 Å². The van der Waals surface area contributed by atoms with Gasteiger partial charge in [0.25, 0.3) is 0 Å². The van der Waals surface area contributed by atoms with Crippen LogP contribution in [0.25, 0.3) is 0 Å². The maximum Gasteiger partial charge on any atom is 0.333 e. The molecule has 0 bridgehead atoms. The number of cyclic esters (lactones) is 1. The average Bonchev–Trinajstić information content (AvgIpc) is 2.13. The number of carbonyl (C=O) groups is 1. The first-order chi connectivity index (χ1) is 5.91. The molecule has 0 saturated carbocycles. The van der Waals surface area contributed by atoms with Gasteiger partial charge in [-0.2, -0.15) is 0 Å². The minimum atomic E-state index is -1.17. The average molecular weight is 198 g/mol. The minimum Gasteiger partial charge on any atom is -0.462 e. The van der Waals surface area contributed by atoms with Gasteiger partial charge in [-0.05, 0) is 18.9 Å². The van der Waals surface area contributed by atoms with E-state index in [0.29, 0.717) is 12.1 Å². The third-order valence-electron chi connectivity index (χ3n) is 2.55. The van der Waals surface area contributed by atoms with Gasteiger partial charge in [-0.1, -0.05) is 25.7 Å². The molecule has 1 heterocycles. The number of hydrogen-bond donors (Lipinski definition) is 0. The number of esters is 1. The first-order valence-corrected chi connectivity index (χ1v) is 8.34. The van der Waals surface area contributed by atoms with Gasteiger partial charge in [-0.25, -0.2) is 4.79 Å². The van der Waals surface area contributed by atoms with E-state index in [-0.39, 0.29) is 5.97 Å². The van der Waals surface area contributed by atoms with Crippen LogP contribution in [-0.2, 0) is 9.53 Å². The summed E-state index contributed by atoms with van der Waals surface area (Å²) < 4.78 is 5.06. The topological polar surface area (TPSA) is 26.3 Å². The first kappa shape index (κ1) is 10.5. The Kier molecular flexibility index (Phi) is 2.96. The highest BCUT2D eigenvalue weighted by atomic mass is 28.3. The Morgan fingerprint density at radius 1 is 1.46 bits per heavy atom. The fourth-order valence-electron chi connectivity index (χ4n) is 1.53. The van der Waals surface area contributed by atoms with Crippen LogP contribution in [-0.4, -0.2) is 20.7 Å². The fourth-order valence-corrected chi connectivity index (χ4v) is 3.26. The molecular weight excluding hydrogens is 180 g/mol. The molecule has 0 aliphatic carbocycles. The molecule has 3 heteroatoms. The summed E-state index contributed by atoms with van der Waals surface area (Å²) in [6.07, 6.45) is 3.11. The summed E-state index contributed by atoms with van der Waals surface area (Å²) in [6.45, 7) is 9.42. The monoisotopic (exact) mass is 198 g/mol. The molecule has 0 aromatic heterocycles. The molecule has 2 nitrogen and oxygen atoms in total. The summed E-state index contributed by atoms with van der Waals surface area (Å²) in [7, 11) is -1.17. The lowest BCUT2D eigenvalue weighted by molar-refractivity contribution is -0.138. The highest BCUT2D eigenvalue weighted by Gasteiger charge is 2.27. The number of ether oxygens (including phenoxy) is 1. The summed E-state index contributed by atoms with van der Waals surface area (Å²) in [6, 6.07) is 0. The maximum atomic E-state index is 11.2. The van der Waals surface area contributed by atoms with Crippen LogP contribution in [0.15, 0.2) is 11.6 Å². The Morgan fingerprint density at radius 2 is 2.08 bits per heavy atom. The highest BCUT2D eigenvalue weighted by molar-refractivity contribution is 6.78. The maximum absolute atomic E-state index is 11.2. The van der Waals surface area contributed by atoms with E-state index in [9.17, 15) is 4.79 Å². The largest absolute Gasteiger partial charge is 0.462 e. The molecule has 0 N–H and O–H groups in total. The smallest absolute Gasteiger partial charge is 0.333 e. The molecule has 0 saturated heterocycles. The number of rotatable bonds is 1. The van der Waals surface area contributed by atoms with Gasteiger partial charge in [0.2, 0.25) is 0 Å². The molecule has 0 aromatic rings. The van der Waals surface area contributed by atoms with E-state index in [1.807, 2.05) is 6.92 Å². The van der Waals surface area contributed by atoms with E-state index in [1.54, 1.807) is 0 Å². The summed E-state index contributed by atoms with van der Waals surface area (Å²) >= 11 is 0. The van der Waals surface area contributed by atoms with E-state index in [1.165, 1.54) is 0 Å². The van der Waals surface area contributed by atoms with Crippen LogP contribution in [0.5, 0.6) is 0 Å². The van der Waals surface area contributed by atoms with Crippen molar-refractivity contribution in [3.63, 3.8) is 0 Å². The van der Waals surface area contributed by atoms with Gasteiger partial charge in [0.1, 0.15) is 0 Å². The van der Waals surface area contributed by atoms with Crippen LogP contribution in [0, 0.1) is 0 Å². The standard InChI is InChI=1S/C10H18O2Si/c1-8-7-9(13(2,3)4)5-6-12-10(8)11/h7,9H,5-6H2,1-4H3. The number of allylic oxidation sites excluding steroid dienone is 1. The number of carbonyl (C=O) groups excluding carboxylic acids is 1. The van der Waals surface area contributed by atoms with Crippen LogP contribution in [0.1, 0.15) is 13.3 Å². The quantitative estimate of drug-likeness (QED) is 0.478. The zero-order valence-corrected chi connectivity index (χ0v) is 9.89. The minimum absolute atomic E-state index is 0.138. The molecule has 0 spiro atoms. The number of hydrogen-bond acceptors (Lipinski definition) is 2. The molecule has 0 aromatic carbocycles. The van der Waals surface area contributed by atoms with Gasteiger partial charge in [0.05, 0.1) is 14.7 Å². The van der Waals surface area contributed by atoms with Gasteiger partial charge in [-0.15, -0.1) is 0 Å².